The van der Waals surface area contributed by atoms with Gasteiger partial charge in [-0.1, -0.05) is 35.9 Å². The van der Waals surface area contributed by atoms with E-state index in [-0.39, 0.29) is 12.2 Å². The molecule has 0 aliphatic rings. The van der Waals surface area contributed by atoms with Crippen LogP contribution in [0.25, 0.3) is 0 Å². The molecule has 1 N–H and O–H groups in total. The van der Waals surface area contributed by atoms with E-state index in [4.69, 9.17) is 11.6 Å². The smallest absolute Gasteiger partial charge is 0.307 e. The van der Waals surface area contributed by atoms with E-state index in [2.05, 4.69) is 15.9 Å². The topological polar surface area (TPSA) is 37.3 Å². The highest BCUT2D eigenvalue weighted by Crippen LogP contribution is 2.25. The molecular formula is C16H13BrClFO2. The summed E-state index contributed by atoms with van der Waals surface area (Å²) in [6.45, 7) is 0. The molecule has 0 aromatic heterocycles. The predicted octanol–water partition coefficient (Wildman–Crippen LogP) is 4.73. The lowest BCUT2D eigenvalue weighted by Gasteiger charge is -2.14. The largest absolute Gasteiger partial charge is 0.481 e. The number of rotatable bonds is 5. The van der Waals surface area contributed by atoms with Crippen LogP contribution in [0.4, 0.5) is 4.39 Å². The molecule has 0 radical (unpaired) electrons. The van der Waals surface area contributed by atoms with Gasteiger partial charge in [0.1, 0.15) is 5.82 Å². The fourth-order valence-electron chi connectivity index (χ4n) is 2.17. The number of halogens is 3. The van der Waals surface area contributed by atoms with Gasteiger partial charge in [-0.05, 0) is 58.1 Å². The van der Waals surface area contributed by atoms with Gasteiger partial charge in [0.15, 0.2) is 0 Å². The van der Waals surface area contributed by atoms with Crippen molar-refractivity contribution in [2.75, 3.05) is 0 Å². The average Bonchev–Trinajstić information content (AvgIpc) is 2.43. The van der Waals surface area contributed by atoms with Gasteiger partial charge in [-0.15, -0.1) is 0 Å². The maximum atomic E-state index is 13.5. The molecule has 21 heavy (non-hydrogen) atoms. The molecule has 0 aliphatic carbocycles. The molecule has 2 nitrogen and oxygen atoms in total. The third kappa shape index (κ3) is 4.29. The van der Waals surface area contributed by atoms with Crippen molar-refractivity contribution in [2.24, 2.45) is 5.92 Å². The van der Waals surface area contributed by atoms with Crippen molar-refractivity contribution in [1.82, 2.24) is 0 Å². The van der Waals surface area contributed by atoms with Gasteiger partial charge < -0.3 is 5.11 Å². The normalized spacial score (nSPS) is 12.1. The number of carboxylic acids is 1. The van der Waals surface area contributed by atoms with Crippen LogP contribution in [0.1, 0.15) is 11.1 Å². The van der Waals surface area contributed by atoms with Crippen LogP contribution in [0.15, 0.2) is 46.9 Å². The minimum atomic E-state index is -0.911. The zero-order valence-electron chi connectivity index (χ0n) is 11.0. The molecule has 0 saturated heterocycles. The molecule has 110 valence electrons. The number of carboxylic acid groups (broad SMARTS) is 1. The summed E-state index contributed by atoms with van der Waals surface area (Å²) in [5.41, 5.74) is 1.49. The first kappa shape index (κ1) is 16.0. The number of hydrogen-bond acceptors (Lipinski definition) is 1. The third-order valence-corrected chi connectivity index (χ3v) is 4.34. The quantitative estimate of drug-likeness (QED) is 0.825. The van der Waals surface area contributed by atoms with Crippen LogP contribution in [-0.2, 0) is 17.6 Å². The lowest BCUT2D eigenvalue weighted by atomic mass is 9.92. The van der Waals surface area contributed by atoms with Gasteiger partial charge in [-0.2, -0.15) is 0 Å². The van der Waals surface area contributed by atoms with E-state index in [0.717, 1.165) is 5.56 Å². The predicted molar refractivity (Wildman–Crippen MR) is 84.1 cm³/mol. The van der Waals surface area contributed by atoms with Crippen LogP contribution in [0.5, 0.6) is 0 Å². The molecule has 2 aromatic carbocycles. The Kier molecular flexibility index (Phi) is 5.37. The fraction of sp³-hybridized carbons (Fsp3) is 0.188. The number of hydrogen-bond donors (Lipinski definition) is 1. The number of benzene rings is 2. The van der Waals surface area contributed by atoms with Crippen LogP contribution < -0.4 is 0 Å². The van der Waals surface area contributed by atoms with Crippen LogP contribution in [0.2, 0.25) is 5.02 Å². The Labute approximate surface area is 135 Å². The zero-order chi connectivity index (χ0) is 15.4. The fourth-order valence-corrected chi connectivity index (χ4v) is 2.81. The first-order chi connectivity index (χ1) is 9.97. The molecular weight excluding hydrogens is 359 g/mol. The minimum Gasteiger partial charge on any atom is -0.481 e. The van der Waals surface area contributed by atoms with Crippen LogP contribution in [-0.4, -0.2) is 11.1 Å². The molecule has 5 heteroatoms. The van der Waals surface area contributed by atoms with Crippen molar-refractivity contribution in [3.8, 4) is 0 Å². The highest BCUT2D eigenvalue weighted by atomic mass is 79.9. The second-order valence-electron chi connectivity index (χ2n) is 4.79. The van der Waals surface area contributed by atoms with Gasteiger partial charge in [0, 0.05) is 5.02 Å². The van der Waals surface area contributed by atoms with E-state index in [0.29, 0.717) is 21.5 Å². The molecule has 0 heterocycles. The van der Waals surface area contributed by atoms with E-state index in [1.165, 1.54) is 6.07 Å². The summed E-state index contributed by atoms with van der Waals surface area (Å²) in [4.78, 5) is 11.4. The molecule has 2 aromatic rings. The summed E-state index contributed by atoms with van der Waals surface area (Å²) in [7, 11) is 0. The summed E-state index contributed by atoms with van der Waals surface area (Å²) in [5, 5.41) is 9.96. The standard InChI is InChI=1S/C16H13BrClFO2/c17-15-11(4-2-6-14(15)19)9-12(16(20)21)7-10-3-1-5-13(18)8-10/h1-6,8,12H,7,9H2,(H,20,21). The number of aliphatic carboxylic acids is 1. The highest BCUT2D eigenvalue weighted by molar-refractivity contribution is 9.10. The van der Waals surface area contributed by atoms with Gasteiger partial charge in [0.25, 0.3) is 0 Å². The SMILES string of the molecule is O=C(O)C(Cc1cccc(Cl)c1)Cc1cccc(F)c1Br. The monoisotopic (exact) mass is 370 g/mol. The van der Waals surface area contributed by atoms with Gasteiger partial charge in [-0.25, -0.2) is 4.39 Å². The molecule has 0 saturated carbocycles. The molecule has 0 bridgehead atoms. The summed E-state index contributed by atoms with van der Waals surface area (Å²) < 4.78 is 13.8. The highest BCUT2D eigenvalue weighted by Gasteiger charge is 2.20. The van der Waals surface area contributed by atoms with Crippen molar-refractivity contribution in [2.45, 2.75) is 12.8 Å². The molecule has 0 amide bonds. The Hall–Kier alpha value is -1.39. The van der Waals surface area contributed by atoms with Crippen molar-refractivity contribution in [3.63, 3.8) is 0 Å². The Morgan fingerprint density at radius 2 is 1.95 bits per heavy atom. The van der Waals surface area contributed by atoms with E-state index in [1.807, 2.05) is 6.07 Å². The van der Waals surface area contributed by atoms with Gasteiger partial charge in [0.2, 0.25) is 0 Å². The summed E-state index contributed by atoms with van der Waals surface area (Å²) >= 11 is 9.08. The molecule has 0 fully saturated rings. The van der Waals surface area contributed by atoms with Crippen LogP contribution >= 0.6 is 27.5 Å². The van der Waals surface area contributed by atoms with Crippen LogP contribution in [0.3, 0.4) is 0 Å². The van der Waals surface area contributed by atoms with Gasteiger partial charge in [-0.3, -0.25) is 4.79 Å². The molecule has 0 aliphatic heterocycles. The average molecular weight is 372 g/mol. The molecule has 1 atom stereocenters. The third-order valence-electron chi connectivity index (χ3n) is 3.22. The van der Waals surface area contributed by atoms with Crippen molar-refractivity contribution in [3.05, 3.63) is 68.9 Å². The molecule has 2 rings (SSSR count). The van der Waals surface area contributed by atoms with Crippen molar-refractivity contribution in [1.29, 1.82) is 0 Å². The van der Waals surface area contributed by atoms with E-state index in [1.54, 1.807) is 30.3 Å². The first-order valence-corrected chi connectivity index (χ1v) is 7.54. The van der Waals surface area contributed by atoms with E-state index < -0.39 is 11.9 Å². The maximum absolute atomic E-state index is 13.5. The van der Waals surface area contributed by atoms with Crippen molar-refractivity contribution < 1.29 is 14.3 Å². The van der Waals surface area contributed by atoms with Crippen molar-refractivity contribution >= 4 is 33.5 Å². The Morgan fingerprint density at radius 1 is 1.24 bits per heavy atom. The van der Waals surface area contributed by atoms with E-state index in [9.17, 15) is 14.3 Å². The maximum Gasteiger partial charge on any atom is 0.307 e. The summed E-state index contributed by atoms with van der Waals surface area (Å²) in [6, 6.07) is 11.7. The zero-order valence-corrected chi connectivity index (χ0v) is 13.4. The number of carbonyl (C=O) groups is 1. The lowest BCUT2D eigenvalue weighted by molar-refractivity contribution is -0.141. The second kappa shape index (κ2) is 7.05. The lowest BCUT2D eigenvalue weighted by Crippen LogP contribution is -2.19. The minimum absolute atomic E-state index is 0.250. The second-order valence-corrected chi connectivity index (χ2v) is 6.02. The first-order valence-electron chi connectivity index (χ1n) is 6.37. The summed E-state index contributed by atoms with van der Waals surface area (Å²) in [6.07, 6.45) is 0.596. The van der Waals surface area contributed by atoms with Crippen LogP contribution in [0, 0.1) is 11.7 Å². The Morgan fingerprint density at radius 3 is 2.62 bits per heavy atom. The molecule has 0 spiro atoms. The summed E-state index contributed by atoms with van der Waals surface area (Å²) in [5.74, 6) is -1.94. The Balaban J connectivity index is 2.20. The van der Waals surface area contributed by atoms with Gasteiger partial charge >= 0.3 is 5.97 Å². The Bertz CT molecular complexity index is 660. The molecule has 1 unspecified atom stereocenters. The van der Waals surface area contributed by atoms with E-state index >= 15 is 0 Å². The van der Waals surface area contributed by atoms with Gasteiger partial charge in [0.05, 0.1) is 10.4 Å².